The topological polar surface area (TPSA) is 24.9 Å². The minimum absolute atomic E-state index is 0.628. The predicted molar refractivity (Wildman–Crippen MR) is 90.2 cm³/mol. The highest BCUT2D eigenvalue weighted by Gasteiger charge is 2.20. The van der Waals surface area contributed by atoms with Gasteiger partial charge in [0, 0.05) is 38.3 Å². The van der Waals surface area contributed by atoms with Gasteiger partial charge in [-0.3, -0.25) is 4.98 Å². The molecule has 2 aromatic rings. The maximum atomic E-state index is 6.16. The average molecular weight is 387 g/mol. The molecular formula is C15H16ClIN2. The number of nitrogens with one attached hydrogen (secondary N) is 1. The standard InChI is InChI=1S/C15H16ClIN2/c1-18-14-8-13(9-4-2-3-5-9)19-15-11(14)6-10(16)7-12(15)17/h6-9H,2-5H2,1H3,(H,18,19). The molecule has 3 rings (SSSR count). The lowest BCUT2D eigenvalue weighted by Crippen LogP contribution is -2.01. The molecule has 0 atom stereocenters. The minimum atomic E-state index is 0.628. The molecular weight excluding hydrogens is 371 g/mol. The van der Waals surface area contributed by atoms with Crippen molar-refractivity contribution in [1.29, 1.82) is 0 Å². The smallest absolute Gasteiger partial charge is 0.0860 e. The van der Waals surface area contributed by atoms with Crippen molar-refractivity contribution >= 4 is 50.8 Å². The summed E-state index contributed by atoms with van der Waals surface area (Å²) in [4.78, 5) is 4.90. The minimum Gasteiger partial charge on any atom is -0.388 e. The van der Waals surface area contributed by atoms with Gasteiger partial charge in [-0.2, -0.15) is 0 Å². The number of fused-ring (bicyclic) bond motifs is 1. The Morgan fingerprint density at radius 3 is 2.68 bits per heavy atom. The Morgan fingerprint density at radius 2 is 2.00 bits per heavy atom. The van der Waals surface area contributed by atoms with E-state index in [2.05, 4.69) is 34.0 Å². The molecule has 0 spiro atoms. The summed E-state index contributed by atoms with van der Waals surface area (Å²) >= 11 is 8.48. The van der Waals surface area contributed by atoms with E-state index in [1.165, 1.54) is 31.4 Å². The second-order valence-electron chi connectivity index (χ2n) is 5.11. The highest BCUT2D eigenvalue weighted by atomic mass is 127. The number of hydrogen-bond donors (Lipinski definition) is 1. The van der Waals surface area contributed by atoms with Crippen LogP contribution in [-0.4, -0.2) is 12.0 Å². The van der Waals surface area contributed by atoms with Gasteiger partial charge in [0.15, 0.2) is 0 Å². The number of pyridine rings is 1. The Labute approximate surface area is 132 Å². The molecule has 1 saturated carbocycles. The fraction of sp³-hybridized carbons (Fsp3) is 0.400. The van der Waals surface area contributed by atoms with Gasteiger partial charge >= 0.3 is 0 Å². The quantitative estimate of drug-likeness (QED) is 0.718. The van der Waals surface area contributed by atoms with Gasteiger partial charge in [-0.05, 0) is 53.6 Å². The lowest BCUT2D eigenvalue weighted by Gasteiger charge is -2.14. The Kier molecular flexibility index (Phi) is 3.85. The Morgan fingerprint density at radius 1 is 1.26 bits per heavy atom. The van der Waals surface area contributed by atoms with Gasteiger partial charge in [-0.25, -0.2) is 0 Å². The van der Waals surface area contributed by atoms with Gasteiger partial charge in [-0.1, -0.05) is 24.4 Å². The Balaban J connectivity index is 2.21. The van der Waals surface area contributed by atoms with Crippen LogP contribution in [0.2, 0.25) is 5.02 Å². The molecule has 0 unspecified atom stereocenters. The van der Waals surface area contributed by atoms with E-state index in [-0.39, 0.29) is 0 Å². The zero-order valence-corrected chi connectivity index (χ0v) is 13.8. The van der Waals surface area contributed by atoms with Crippen LogP contribution >= 0.6 is 34.2 Å². The van der Waals surface area contributed by atoms with Crippen LogP contribution in [0.4, 0.5) is 5.69 Å². The van der Waals surface area contributed by atoms with Gasteiger partial charge in [0.05, 0.1) is 5.52 Å². The molecule has 4 heteroatoms. The normalized spacial score (nSPS) is 16.2. The van der Waals surface area contributed by atoms with Crippen LogP contribution in [0, 0.1) is 3.57 Å². The molecule has 1 N–H and O–H groups in total. The molecule has 0 radical (unpaired) electrons. The third-order valence-corrected chi connectivity index (χ3v) is 4.93. The van der Waals surface area contributed by atoms with Crippen molar-refractivity contribution in [3.05, 3.63) is 32.5 Å². The molecule has 0 aliphatic heterocycles. The van der Waals surface area contributed by atoms with E-state index in [1.807, 2.05) is 19.2 Å². The second-order valence-corrected chi connectivity index (χ2v) is 6.71. The summed E-state index contributed by atoms with van der Waals surface area (Å²) in [7, 11) is 1.96. The largest absolute Gasteiger partial charge is 0.388 e. The molecule has 100 valence electrons. The van der Waals surface area contributed by atoms with Gasteiger partial charge in [0.1, 0.15) is 0 Å². The summed E-state index contributed by atoms with van der Waals surface area (Å²) in [6.45, 7) is 0. The van der Waals surface area contributed by atoms with Crippen LogP contribution in [0.15, 0.2) is 18.2 Å². The lowest BCUT2D eigenvalue weighted by atomic mass is 10.0. The van der Waals surface area contributed by atoms with E-state index >= 15 is 0 Å². The van der Waals surface area contributed by atoms with Gasteiger partial charge in [0.2, 0.25) is 0 Å². The molecule has 1 aliphatic rings. The van der Waals surface area contributed by atoms with Crippen molar-refractivity contribution in [2.75, 3.05) is 12.4 Å². The number of aromatic nitrogens is 1. The van der Waals surface area contributed by atoms with Crippen LogP contribution in [-0.2, 0) is 0 Å². The summed E-state index contributed by atoms with van der Waals surface area (Å²) in [6, 6.07) is 6.18. The predicted octanol–water partition coefficient (Wildman–Crippen LogP) is 5.19. The van der Waals surface area contributed by atoms with Crippen molar-refractivity contribution in [3.63, 3.8) is 0 Å². The van der Waals surface area contributed by atoms with Crippen molar-refractivity contribution in [2.24, 2.45) is 0 Å². The van der Waals surface area contributed by atoms with Crippen molar-refractivity contribution in [2.45, 2.75) is 31.6 Å². The third-order valence-electron chi connectivity index (χ3n) is 3.89. The fourth-order valence-electron chi connectivity index (χ4n) is 2.91. The molecule has 1 aliphatic carbocycles. The summed E-state index contributed by atoms with van der Waals surface area (Å²) in [5, 5.41) is 5.17. The molecule has 0 bridgehead atoms. The van der Waals surface area contributed by atoms with Crippen molar-refractivity contribution in [1.82, 2.24) is 4.98 Å². The molecule has 2 nitrogen and oxygen atoms in total. The fourth-order valence-corrected chi connectivity index (χ4v) is 4.06. The summed E-state index contributed by atoms with van der Waals surface area (Å²) in [5.74, 6) is 0.628. The maximum absolute atomic E-state index is 6.16. The van der Waals surface area contributed by atoms with E-state index in [0.717, 1.165) is 25.2 Å². The Hall–Kier alpha value is -0.550. The number of benzene rings is 1. The zero-order valence-electron chi connectivity index (χ0n) is 10.8. The number of hydrogen-bond acceptors (Lipinski definition) is 2. The van der Waals surface area contributed by atoms with Crippen LogP contribution in [0.3, 0.4) is 0 Å². The first kappa shape index (κ1) is 13.4. The summed E-state index contributed by atoms with van der Waals surface area (Å²) in [6.07, 6.45) is 5.20. The van der Waals surface area contributed by atoms with Crippen molar-refractivity contribution in [3.8, 4) is 0 Å². The first-order chi connectivity index (χ1) is 9.19. The zero-order chi connectivity index (χ0) is 13.4. The average Bonchev–Trinajstić information content (AvgIpc) is 2.91. The molecule has 19 heavy (non-hydrogen) atoms. The van der Waals surface area contributed by atoms with E-state index in [0.29, 0.717) is 5.92 Å². The molecule has 1 fully saturated rings. The summed E-state index contributed by atoms with van der Waals surface area (Å²) < 4.78 is 1.12. The third kappa shape index (κ3) is 2.55. The number of anilines is 1. The number of rotatable bonds is 2. The van der Waals surface area contributed by atoms with E-state index in [4.69, 9.17) is 16.6 Å². The highest BCUT2D eigenvalue weighted by molar-refractivity contribution is 14.1. The van der Waals surface area contributed by atoms with Gasteiger partial charge in [0.25, 0.3) is 0 Å². The van der Waals surface area contributed by atoms with E-state index in [9.17, 15) is 0 Å². The highest BCUT2D eigenvalue weighted by Crippen LogP contribution is 2.37. The number of nitrogens with zero attached hydrogens (tertiary/aromatic N) is 1. The monoisotopic (exact) mass is 386 g/mol. The molecule has 1 aromatic carbocycles. The van der Waals surface area contributed by atoms with Crippen LogP contribution in [0.5, 0.6) is 0 Å². The SMILES string of the molecule is CNc1cc(C2CCCC2)nc2c(I)cc(Cl)cc12. The second kappa shape index (κ2) is 5.44. The molecule has 0 saturated heterocycles. The van der Waals surface area contributed by atoms with Crippen molar-refractivity contribution < 1.29 is 0 Å². The first-order valence-electron chi connectivity index (χ1n) is 6.66. The van der Waals surface area contributed by atoms with Crippen LogP contribution in [0.25, 0.3) is 10.9 Å². The maximum Gasteiger partial charge on any atom is 0.0860 e. The van der Waals surface area contributed by atoms with Crippen LogP contribution < -0.4 is 5.32 Å². The van der Waals surface area contributed by atoms with E-state index in [1.54, 1.807) is 0 Å². The molecule has 1 aromatic heterocycles. The lowest BCUT2D eigenvalue weighted by molar-refractivity contribution is 0.701. The van der Waals surface area contributed by atoms with E-state index < -0.39 is 0 Å². The molecule has 0 amide bonds. The van der Waals surface area contributed by atoms with Gasteiger partial charge in [-0.15, -0.1) is 0 Å². The molecule has 1 heterocycles. The Bertz CT molecular complexity index is 621. The van der Waals surface area contributed by atoms with Gasteiger partial charge < -0.3 is 5.32 Å². The van der Waals surface area contributed by atoms with Crippen LogP contribution in [0.1, 0.15) is 37.3 Å². The number of halogens is 2. The first-order valence-corrected chi connectivity index (χ1v) is 8.12. The summed E-state index contributed by atoms with van der Waals surface area (Å²) in [5.41, 5.74) is 3.43.